The fourth-order valence-corrected chi connectivity index (χ4v) is 3.03. The fraction of sp³-hybridized carbons (Fsp3) is 0.833. The maximum absolute atomic E-state index is 12.8. The average molecular weight is 324 g/mol. The Bertz CT molecular complexity index is 446. The molecule has 0 N–H and O–H groups in total. The molecule has 1 aromatic rings. The summed E-state index contributed by atoms with van der Waals surface area (Å²) in [5.41, 5.74) is 0. The van der Waals surface area contributed by atoms with Crippen LogP contribution in [0.25, 0.3) is 0 Å². The molecule has 1 aliphatic heterocycles. The third-order valence-corrected chi connectivity index (χ3v) is 4.11. The molecule has 1 saturated heterocycles. The van der Waals surface area contributed by atoms with Crippen LogP contribution in [0.5, 0.6) is 0 Å². The van der Waals surface area contributed by atoms with Gasteiger partial charge < -0.3 is 9.64 Å². The molecule has 0 aliphatic carbocycles. The minimum atomic E-state index is -4.29. The van der Waals surface area contributed by atoms with Crippen LogP contribution in [0.2, 0.25) is 0 Å². The van der Waals surface area contributed by atoms with E-state index in [1.807, 2.05) is 6.92 Å². The Kier molecular flexibility index (Phi) is 5.74. The second-order valence-corrected chi connectivity index (χ2v) is 5.85. The molecule has 0 amide bonds. The van der Waals surface area contributed by atoms with Crippen molar-refractivity contribution in [3.63, 3.8) is 0 Å². The van der Waals surface area contributed by atoms with E-state index in [0.717, 1.165) is 18.6 Å². The van der Waals surface area contributed by atoms with Gasteiger partial charge in [-0.1, -0.05) is 25.1 Å². The number of hydrogen-bond donors (Lipinski definition) is 0. The molecule has 0 aromatic carbocycles. The van der Waals surface area contributed by atoms with E-state index in [4.69, 9.17) is 4.74 Å². The largest absolute Gasteiger partial charge is 0.406 e. The summed E-state index contributed by atoms with van der Waals surface area (Å²) in [6.45, 7) is 3.06. The summed E-state index contributed by atoms with van der Waals surface area (Å²) in [5, 5.41) is 8.24. The van der Waals surface area contributed by atoms with E-state index in [-0.39, 0.29) is 5.95 Å². The van der Waals surface area contributed by atoms with Crippen LogP contribution in [-0.4, -0.2) is 53.0 Å². The predicted molar refractivity (Wildman–Crippen MR) is 74.7 cm³/mol. The summed E-state index contributed by atoms with van der Waals surface area (Å²) in [5.74, 6) is 1.03. The van der Waals surface area contributed by atoms with Crippen LogP contribution in [0, 0.1) is 0 Å². The molecule has 120 valence electrons. The number of nitrogens with zero attached hydrogens (tertiary/aromatic N) is 4. The minimum absolute atomic E-state index is 0.287. The van der Waals surface area contributed by atoms with Crippen LogP contribution in [0.4, 0.5) is 19.1 Å². The summed E-state index contributed by atoms with van der Waals surface area (Å²) in [6, 6.07) is 0. The number of morpholine rings is 1. The lowest BCUT2D eigenvalue weighted by Gasteiger charge is -2.28. The first-order chi connectivity index (χ1) is 10.0. The third kappa shape index (κ3) is 4.77. The Morgan fingerprint density at radius 1 is 1.24 bits per heavy atom. The molecular weight excluding hydrogens is 305 g/mol. The van der Waals surface area contributed by atoms with Crippen molar-refractivity contribution in [1.82, 2.24) is 14.8 Å². The number of aromatic nitrogens is 3. The van der Waals surface area contributed by atoms with Crippen molar-refractivity contribution in [3.05, 3.63) is 0 Å². The third-order valence-electron chi connectivity index (χ3n) is 3.06. The van der Waals surface area contributed by atoms with Crippen molar-refractivity contribution < 1.29 is 17.9 Å². The number of alkyl halides is 3. The van der Waals surface area contributed by atoms with Crippen molar-refractivity contribution in [2.24, 2.45) is 0 Å². The topological polar surface area (TPSA) is 43.2 Å². The first-order valence-corrected chi connectivity index (χ1v) is 7.95. The van der Waals surface area contributed by atoms with E-state index in [0.29, 0.717) is 31.5 Å². The van der Waals surface area contributed by atoms with E-state index in [9.17, 15) is 13.2 Å². The normalized spacial score (nSPS) is 16.5. The first-order valence-electron chi connectivity index (χ1n) is 6.96. The van der Waals surface area contributed by atoms with Crippen molar-refractivity contribution in [1.29, 1.82) is 0 Å². The van der Waals surface area contributed by atoms with Gasteiger partial charge in [-0.3, -0.25) is 4.57 Å². The van der Waals surface area contributed by atoms with E-state index in [1.54, 1.807) is 4.90 Å². The maximum Gasteiger partial charge on any atom is 0.406 e. The van der Waals surface area contributed by atoms with Gasteiger partial charge in [-0.15, -0.1) is 10.2 Å². The van der Waals surface area contributed by atoms with Crippen molar-refractivity contribution >= 4 is 17.7 Å². The van der Waals surface area contributed by atoms with Gasteiger partial charge >= 0.3 is 6.18 Å². The van der Waals surface area contributed by atoms with E-state index >= 15 is 0 Å². The number of unbranched alkanes of at least 4 members (excludes halogenated alkanes) is 1. The monoisotopic (exact) mass is 324 g/mol. The molecule has 9 heteroatoms. The van der Waals surface area contributed by atoms with Gasteiger partial charge in [-0.25, -0.2) is 0 Å². The van der Waals surface area contributed by atoms with Gasteiger partial charge in [0, 0.05) is 18.8 Å². The lowest BCUT2D eigenvalue weighted by Crippen LogP contribution is -2.38. The molecule has 0 atom stereocenters. The summed E-state index contributed by atoms with van der Waals surface area (Å²) < 4.78 is 44.8. The zero-order chi connectivity index (χ0) is 15.3. The highest BCUT2D eigenvalue weighted by Crippen LogP contribution is 2.28. The molecule has 1 fully saturated rings. The average Bonchev–Trinajstić information content (AvgIpc) is 2.81. The molecule has 2 rings (SSSR count). The highest BCUT2D eigenvalue weighted by molar-refractivity contribution is 7.99. The summed E-state index contributed by atoms with van der Waals surface area (Å²) >= 11 is 1.33. The zero-order valence-corrected chi connectivity index (χ0v) is 12.7. The number of ether oxygens (including phenoxy) is 1. The van der Waals surface area contributed by atoms with E-state index < -0.39 is 12.7 Å². The van der Waals surface area contributed by atoms with Crippen molar-refractivity contribution in [2.75, 3.05) is 37.0 Å². The lowest BCUT2D eigenvalue weighted by atomic mass is 10.4. The summed E-state index contributed by atoms with van der Waals surface area (Å²) in [6.07, 6.45) is -2.35. The Balaban J connectivity index is 2.18. The second kappa shape index (κ2) is 7.35. The van der Waals surface area contributed by atoms with Gasteiger partial charge in [0.15, 0.2) is 5.16 Å². The first kappa shape index (κ1) is 16.4. The van der Waals surface area contributed by atoms with Crippen LogP contribution in [0.3, 0.4) is 0 Å². The van der Waals surface area contributed by atoms with Crippen LogP contribution in [-0.2, 0) is 11.3 Å². The van der Waals surface area contributed by atoms with E-state index in [1.165, 1.54) is 16.3 Å². The molecular formula is C12H19F3N4OS. The molecule has 0 bridgehead atoms. The molecule has 21 heavy (non-hydrogen) atoms. The molecule has 5 nitrogen and oxygen atoms in total. The molecule has 0 saturated carbocycles. The maximum atomic E-state index is 12.8. The quantitative estimate of drug-likeness (QED) is 0.594. The molecule has 0 unspecified atom stereocenters. The minimum Gasteiger partial charge on any atom is -0.378 e. The molecule has 2 heterocycles. The zero-order valence-electron chi connectivity index (χ0n) is 11.9. The predicted octanol–water partition coefficient (Wildman–Crippen LogP) is 2.57. The SMILES string of the molecule is CCCCSc1nnc(N2CCOCC2)n1CC(F)(F)F. The number of thioether (sulfide) groups is 1. The molecule has 0 spiro atoms. The highest BCUT2D eigenvalue weighted by atomic mass is 32.2. The number of anilines is 1. The summed E-state index contributed by atoms with van der Waals surface area (Å²) in [7, 11) is 0. The van der Waals surface area contributed by atoms with Gasteiger partial charge in [0.05, 0.1) is 13.2 Å². The Labute approximate surface area is 125 Å². The Morgan fingerprint density at radius 3 is 2.57 bits per heavy atom. The standard InChI is InChI=1S/C12H19F3N4OS/c1-2-3-8-21-11-17-16-10(18-4-6-20-7-5-18)19(11)9-12(13,14)15/h2-9H2,1H3. The van der Waals surface area contributed by atoms with Gasteiger partial charge in [-0.05, 0) is 6.42 Å². The number of halogens is 3. The smallest absolute Gasteiger partial charge is 0.378 e. The van der Waals surface area contributed by atoms with Crippen LogP contribution in [0.15, 0.2) is 5.16 Å². The van der Waals surface area contributed by atoms with Crippen LogP contribution < -0.4 is 4.90 Å². The Hall–Kier alpha value is -0.960. The Morgan fingerprint density at radius 2 is 1.95 bits per heavy atom. The lowest BCUT2D eigenvalue weighted by molar-refractivity contribution is -0.141. The van der Waals surface area contributed by atoms with Crippen LogP contribution >= 0.6 is 11.8 Å². The van der Waals surface area contributed by atoms with Crippen molar-refractivity contribution in [3.8, 4) is 0 Å². The van der Waals surface area contributed by atoms with Gasteiger partial charge in [-0.2, -0.15) is 13.2 Å². The second-order valence-electron chi connectivity index (χ2n) is 4.79. The number of hydrogen-bond acceptors (Lipinski definition) is 5. The highest BCUT2D eigenvalue weighted by Gasteiger charge is 2.32. The van der Waals surface area contributed by atoms with E-state index in [2.05, 4.69) is 10.2 Å². The van der Waals surface area contributed by atoms with Crippen molar-refractivity contribution in [2.45, 2.75) is 37.6 Å². The van der Waals surface area contributed by atoms with Gasteiger partial charge in [0.25, 0.3) is 0 Å². The molecule has 0 radical (unpaired) electrons. The van der Waals surface area contributed by atoms with Crippen LogP contribution in [0.1, 0.15) is 19.8 Å². The summed E-state index contributed by atoms with van der Waals surface area (Å²) in [4.78, 5) is 1.80. The fourth-order valence-electron chi connectivity index (χ4n) is 2.01. The van der Waals surface area contributed by atoms with Gasteiger partial charge in [0.1, 0.15) is 6.54 Å². The molecule has 1 aliphatic rings. The molecule has 1 aromatic heterocycles. The number of rotatable bonds is 6. The van der Waals surface area contributed by atoms with Gasteiger partial charge in [0.2, 0.25) is 5.95 Å².